The maximum Gasteiger partial charge on any atom is 0.416 e. The summed E-state index contributed by atoms with van der Waals surface area (Å²) in [5, 5.41) is 4.22. The first-order valence-electron chi connectivity index (χ1n) is 10.4. The van der Waals surface area contributed by atoms with E-state index >= 15 is 0 Å². The van der Waals surface area contributed by atoms with E-state index in [0.717, 1.165) is 12.1 Å². The number of benzene rings is 1. The Labute approximate surface area is 187 Å². The molecule has 2 aromatic heterocycles. The molecule has 0 unspecified atom stereocenters. The van der Waals surface area contributed by atoms with Gasteiger partial charge in [-0.1, -0.05) is 0 Å². The molecule has 0 atom stereocenters. The summed E-state index contributed by atoms with van der Waals surface area (Å²) >= 11 is 0. The number of carbonyl (C=O) groups excluding carboxylic acids is 1. The maximum absolute atomic E-state index is 13.7. The van der Waals surface area contributed by atoms with E-state index < -0.39 is 17.6 Å². The lowest BCUT2D eigenvalue weighted by atomic mass is 10.1. The monoisotopic (exact) mass is 462 g/mol. The van der Waals surface area contributed by atoms with Gasteiger partial charge in [-0.15, -0.1) is 0 Å². The van der Waals surface area contributed by atoms with Crippen molar-refractivity contribution in [2.75, 3.05) is 37.6 Å². The van der Waals surface area contributed by atoms with Crippen LogP contribution in [0, 0.1) is 12.7 Å². The first-order chi connectivity index (χ1) is 15.7. The third kappa shape index (κ3) is 5.19. The quantitative estimate of drug-likeness (QED) is 0.413. The minimum atomic E-state index is -4.60. The molecule has 1 aromatic carbocycles. The van der Waals surface area contributed by atoms with Crippen LogP contribution in [-0.4, -0.2) is 63.2 Å². The third-order valence-corrected chi connectivity index (χ3v) is 5.65. The number of alkyl halides is 3. The lowest BCUT2D eigenvalue weighted by Crippen LogP contribution is -2.47. The highest BCUT2D eigenvalue weighted by molar-refractivity contribution is 5.97. The summed E-state index contributed by atoms with van der Waals surface area (Å²) in [5.74, 6) is -0.585. The molecule has 1 saturated heterocycles. The first kappa shape index (κ1) is 22.8. The van der Waals surface area contributed by atoms with Gasteiger partial charge in [-0.05, 0) is 31.2 Å². The van der Waals surface area contributed by atoms with Crippen LogP contribution in [0.3, 0.4) is 0 Å². The second-order valence-corrected chi connectivity index (χ2v) is 7.80. The van der Waals surface area contributed by atoms with E-state index in [0.29, 0.717) is 56.0 Å². The molecule has 11 heteroatoms. The number of hydrogen-bond acceptors (Lipinski definition) is 6. The molecule has 0 amide bonds. The highest BCUT2D eigenvalue weighted by atomic mass is 19.4. The lowest BCUT2D eigenvalue weighted by Gasteiger charge is -2.36. The van der Waals surface area contributed by atoms with Gasteiger partial charge in [0.1, 0.15) is 5.82 Å². The van der Waals surface area contributed by atoms with Crippen LogP contribution in [0.25, 0.3) is 5.95 Å². The van der Waals surface area contributed by atoms with E-state index in [1.807, 2.05) is 0 Å². The van der Waals surface area contributed by atoms with Gasteiger partial charge in [-0.25, -0.2) is 19.0 Å². The number of rotatable bonds is 6. The standard InChI is InChI=1S/C22H22F4N6O/c1-15-19(14-29-32(15)21-27-4-2-5-28-21)20(33)3-6-30-7-9-31(10-8-30)18-12-16(22(24,25)26)11-17(23)13-18/h2,4-5,11-14H,3,6-10H2,1H3. The summed E-state index contributed by atoms with van der Waals surface area (Å²) in [7, 11) is 0. The van der Waals surface area contributed by atoms with Gasteiger partial charge in [-0.2, -0.15) is 18.3 Å². The zero-order chi connectivity index (χ0) is 23.6. The van der Waals surface area contributed by atoms with E-state index in [-0.39, 0.29) is 17.9 Å². The van der Waals surface area contributed by atoms with Crippen molar-refractivity contribution in [3.8, 4) is 5.95 Å². The number of ketones is 1. The van der Waals surface area contributed by atoms with Gasteiger partial charge in [0.05, 0.1) is 23.0 Å². The third-order valence-electron chi connectivity index (χ3n) is 5.65. The van der Waals surface area contributed by atoms with Crippen LogP contribution in [0.4, 0.5) is 23.2 Å². The molecule has 1 aliphatic heterocycles. The van der Waals surface area contributed by atoms with Crippen LogP contribution in [0.15, 0.2) is 42.9 Å². The number of halogens is 4. The number of Topliss-reactive ketones (excluding diaryl/α,β-unsaturated/α-hetero) is 1. The minimum absolute atomic E-state index is 0.0583. The van der Waals surface area contributed by atoms with Crippen molar-refractivity contribution in [3.05, 3.63) is 65.5 Å². The molecule has 4 rings (SSSR count). The number of anilines is 1. The maximum atomic E-state index is 13.7. The summed E-state index contributed by atoms with van der Waals surface area (Å²) in [6.07, 6.45) is 0.378. The Bertz CT molecular complexity index is 1120. The van der Waals surface area contributed by atoms with Crippen LogP contribution in [0.5, 0.6) is 0 Å². The molecule has 7 nitrogen and oxygen atoms in total. The molecular formula is C22H22F4N6O. The number of carbonyl (C=O) groups is 1. The van der Waals surface area contributed by atoms with Gasteiger partial charge in [0.15, 0.2) is 5.78 Å². The molecule has 3 aromatic rings. The zero-order valence-corrected chi connectivity index (χ0v) is 17.9. The summed E-state index contributed by atoms with van der Waals surface area (Å²) in [4.78, 5) is 24.8. The Kier molecular flexibility index (Phi) is 6.41. The summed E-state index contributed by atoms with van der Waals surface area (Å²) in [6.45, 7) is 4.29. The molecule has 1 aliphatic rings. The highest BCUT2D eigenvalue weighted by Gasteiger charge is 2.32. The molecule has 0 N–H and O–H groups in total. The lowest BCUT2D eigenvalue weighted by molar-refractivity contribution is -0.137. The van der Waals surface area contributed by atoms with Crippen LogP contribution < -0.4 is 4.90 Å². The van der Waals surface area contributed by atoms with Crippen molar-refractivity contribution in [2.24, 2.45) is 0 Å². The smallest absolute Gasteiger partial charge is 0.369 e. The van der Waals surface area contributed by atoms with Crippen molar-refractivity contribution in [1.82, 2.24) is 24.6 Å². The van der Waals surface area contributed by atoms with Gasteiger partial charge in [0, 0.05) is 57.2 Å². The number of hydrogen-bond donors (Lipinski definition) is 0. The van der Waals surface area contributed by atoms with E-state index in [9.17, 15) is 22.4 Å². The Morgan fingerprint density at radius 3 is 2.42 bits per heavy atom. The molecule has 3 heterocycles. The molecule has 0 saturated carbocycles. The predicted molar refractivity (Wildman–Crippen MR) is 113 cm³/mol. The SMILES string of the molecule is Cc1c(C(=O)CCN2CCN(c3cc(F)cc(C(F)(F)F)c3)CC2)cnn1-c1ncccn1. The van der Waals surface area contributed by atoms with Crippen molar-refractivity contribution in [1.29, 1.82) is 0 Å². The Hall–Kier alpha value is -3.34. The molecule has 174 valence electrons. The van der Waals surface area contributed by atoms with Gasteiger partial charge in [0.2, 0.25) is 0 Å². The predicted octanol–water partition coefficient (Wildman–Crippen LogP) is 3.52. The summed E-state index contributed by atoms with van der Waals surface area (Å²) < 4.78 is 54.2. The topological polar surface area (TPSA) is 67.2 Å². The molecule has 0 bridgehead atoms. The fraction of sp³-hybridized carbons (Fsp3) is 0.364. The van der Waals surface area contributed by atoms with Crippen LogP contribution in [-0.2, 0) is 6.18 Å². The average Bonchev–Trinajstić information content (AvgIpc) is 3.19. The summed E-state index contributed by atoms with van der Waals surface area (Å²) in [6, 6.07) is 4.28. The first-order valence-corrected chi connectivity index (χ1v) is 10.4. The molecule has 0 spiro atoms. The van der Waals surface area contributed by atoms with Crippen molar-refractivity contribution in [2.45, 2.75) is 19.5 Å². The van der Waals surface area contributed by atoms with Gasteiger partial charge >= 0.3 is 6.18 Å². The molecular weight excluding hydrogens is 440 g/mol. The number of aromatic nitrogens is 4. The highest BCUT2D eigenvalue weighted by Crippen LogP contribution is 2.33. The van der Waals surface area contributed by atoms with Gasteiger partial charge in [-0.3, -0.25) is 9.69 Å². The zero-order valence-electron chi connectivity index (χ0n) is 17.9. The van der Waals surface area contributed by atoms with E-state index in [1.165, 1.54) is 10.9 Å². The van der Waals surface area contributed by atoms with Crippen LogP contribution in [0.2, 0.25) is 0 Å². The van der Waals surface area contributed by atoms with Crippen molar-refractivity contribution >= 4 is 11.5 Å². The Balaban J connectivity index is 1.33. The molecule has 0 radical (unpaired) electrons. The molecule has 0 aliphatic carbocycles. The second kappa shape index (κ2) is 9.26. The van der Waals surface area contributed by atoms with Crippen LogP contribution in [0.1, 0.15) is 28.0 Å². The Morgan fingerprint density at radius 1 is 1.06 bits per heavy atom. The van der Waals surface area contributed by atoms with Gasteiger partial charge in [0.25, 0.3) is 5.95 Å². The van der Waals surface area contributed by atoms with E-state index in [4.69, 9.17) is 0 Å². The summed E-state index contributed by atoms with van der Waals surface area (Å²) in [5.41, 5.74) is 0.370. The fourth-order valence-corrected chi connectivity index (χ4v) is 3.83. The van der Waals surface area contributed by atoms with E-state index in [2.05, 4.69) is 20.0 Å². The normalized spacial score (nSPS) is 15.1. The second-order valence-electron chi connectivity index (χ2n) is 7.80. The Morgan fingerprint density at radius 2 is 1.76 bits per heavy atom. The van der Waals surface area contributed by atoms with Gasteiger partial charge < -0.3 is 4.90 Å². The van der Waals surface area contributed by atoms with E-state index in [1.54, 1.807) is 30.3 Å². The van der Waals surface area contributed by atoms with Crippen molar-refractivity contribution < 1.29 is 22.4 Å². The average molecular weight is 462 g/mol. The number of piperazine rings is 1. The fourth-order valence-electron chi connectivity index (χ4n) is 3.83. The molecule has 1 fully saturated rings. The van der Waals surface area contributed by atoms with Crippen molar-refractivity contribution in [3.63, 3.8) is 0 Å². The number of nitrogens with zero attached hydrogens (tertiary/aromatic N) is 6. The molecule has 33 heavy (non-hydrogen) atoms. The largest absolute Gasteiger partial charge is 0.416 e. The van der Waals surface area contributed by atoms with Crippen LogP contribution >= 0.6 is 0 Å². The minimum Gasteiger partial charge on any atom is -0.369 e.